The van der Waals surface area contributed by atoms with Crippen LogP contribution in [-0.2, 0) is 23.8 Å². The number of carbonyl (C=O) groups excluding carboxylic acids is 2. The molecule has 3 fully saturated rings. The van der Waals surface area contributed by atoms with E-state index >= 15 is 0 Å². The number of carbonyl (C=O) groups is 2. The highest BCUT2D eigenvalue weighted by molar-refractivity contribution is 5.92. The average Bonchev–Trinajstić information content (AvgIpc) is 3.17. The van der Waals surface area contributed by atoms with E-state index < -0.39 is 35.7 Å². The lowest BCUT2D eigenvalue weighted by Crippen LogP contribution is -2.44. The van der Waals surface area contributed by atoms with E-state index in [4.69, 9.17) is 19.3 Å². The van der Waals surface area contributed by atoms with Crippen molar-refractivity contribution >= 4 is 11.9 Å². The molecular weight excluding hydrogens is 352 g/mol. The van der Waals surface area contributed by atoms with Crippen LogP contribution in [0.4, 0.5) is 0 Å². The number of esters is 2. The maximum absolute atomic E-state index is 12.4. The largest absolute Gasteiger partial charge is 0.458 e. The number of aliphatic hydroxyl groups excluding tert-OH is 1. The third-order valence-electron chi connectivity index (χ3n) is 6.39. The lowest BCUT2D eigenvalue weighted by Gasteiger charge is -2.32. The molecule has 2 N–H and O–H groups in total. The van der Waals surface area contributed by atoms with Crippen molar-refractivity contribution in [3.05, 3.63) is 35.5 Å². The number of hydrogen-bond donors (Lipinski definition) is 2. The van der Waals surface area contributed by atoms with Crippen molar-refractivity contribution in [1.82, 2.24) is 0 Å². The van der Waals surface area contributed by atoms with Gasteiger partial charge >= 0.3 is 11.9 Å². The van der Waals surface area contributed by atoms with Gasteiger partial charge in [-0.25, -0.2) is 9.59 Å². The van der Waals surface area contributed by atoms with Crippen molar-refractivity contribution in [2.45, 2.75) is 44.2 Å². The highest BCUT2D eigenvalue weighted by atomic mass is 16.6. The Morgan fingerprint density at radius 3 is 2.93 bits per heavy atom. The van der Waals surface area contributed by atoms with Crippen molar-refractivity contribution in [3.8, 4) is 0 Å². The molecule has 2 heterocycles. The van der Waals surface area contributed by atoms with Crippen LogP contribution >= 0.6 is 0 Å². The predicted octanol–water partition coefficient (Wildman–Crippen LogP) is 0.660. The van der Waals surface area contributed by atoms with Gasteiger partial charge in [0.2, 0.25) is 0 Å². The first-order valence-electron chi connectivity index (χ1n) is 9.17. The molecular formula is C20H24O7. The second-order valence-corrected chi connectivity index (χ2v) is 7.98. The Kier molecular flexibility index (Phi) is 4.29. The number of ether oxygens (including phenoxy) is 3. The molecule has 27 heavy (non-hydrogen) atoms. The summed E-state index contributed by atoms with van der Waals surface area (Å²) in [4.78, 5) is 24.7. The third kappa shape index (κ3) is 2.68. The van der Waals surface area contributed by atoms with E-state index in [2.05, 4.69) is 6.58 Å². The summed E-state index contributed by atoms with van der Waals surface area (Å²) < 4.78 is 17.1. The van der Waals surface area contributed by atoms with Gasteiger partial charge in [-0.3, -0.25) is 0 Å². The molecule has 2 aliphatic heterocycles. The minimum Gasteiger partial charge on any atom is -0.458 e. The second kappa shape index (κ2) is 6.29. The van der Waals surface area contributed by atoms with Gasteiger partial charge in [0.05, 0.1) is 30.8 Å². The van der Waals surface area contributed by atoms with Crippen LogP contribution in [0.3, 0.4) is 0 Å². The van der Waals surface area contributed by atoms with Gasteiger partial charge in [-0.15, -0.1) is 0 Å². The number of fused-ring (bicyclic) bond motifs is 2. The monoisotopic (exact) mass is 376 g/mol. The summed E-state index contributed by atoms with van der Waals surface area (Å²) >= 11 is 0. The zero-order chi connectivity index (χ0) is 19.5. The summed E-state index contributed by atoms with van der Waals surface area (Å²) in [7, 11) is 0. The SMILES string of the molecule is C=C1C(=O)O[C@H]2[C@H]3C(C)=C[C@@H]4OC[C@@](O)(C[C@@H](OC(=O)/C(C)=C/CO)[C@@H]12)[C@@H]34. The topological polar surface area (TPSA) is 102 Å². The van der Waals surface area contributed by atoms with E-state index in [1.165, 1.54) is 6.08 Å². The first-order chi connectivity index (χ1) is 12.8. The van der Waals surface area contributed by atoms with Crippen molar-refractivity contribution in [1.29, 1.82) is 0 Å². The molecule has 7 heteroatoms. The summed E-state index contributed by atoms with van der Waals surface area (Å²) in [6.45, 7) is 7.22. The zero-order valence-corrected chi connectivity index (χ0v) is 15.4. The molecule has 1 saturated carbocycles. The minimum absolute atomic E-state index is 0.140. The summed E-state index contributed by atoms with van der Waals surface area (Å²) in [5.41, 5.74) is 0.351. The molecule has 7 nitrogen and oxygen atoms in total. The van der Waals surface area contributed by atoms with Crippen molar-refractivity contribution in [3.63, 3.8) is 0 Å². The van der Waals surface area contributed by atoms with E-state index in [-0.39, 0.29) is 48.7 Å². The Morgan fingerprint density at radius 2 is 2.22 bits per heavy atom. The molecule has 0 aromatic rings. The maximum Gasteiger partial charge on any atom is 0.334 e. The Bertz CT molecular complexity index is 766. The first-order valence-corrected chi connectivity index (χ1v) is 9.17. The van der Waals surface area contributed by atoms with Gasteiger partial charge in [-0.05, 0) is 19.9 Å². The highest BCUT2D eigenvalue weighted by Crippen LogP contribution is 2.56. The Balaban J connectivity index is 1.72. The van der Waals surface area contributed by atoms with Crippen LogP contribution in [0.25, 0.3) is 0 Å². The summed E-state index contributed by atoms with van der Waals surface area (Å²) in [6, 6.07) is 0. The van der Waals surface area contributed by atoms with Gasteiger partial charge < -0.3 is 24.4 Å². The molecule has 0 unspecified atom stereocenters. The van der Waals surface area contributed by atoms with Crippen LogP contribution < -0.4 is 0 Å². The van der Waals surface area contributed by atoms with Gasteiger partial charge in [0.15, 0.2) is 0 Å². The molecule has 0 bridgehead atoms. The fourth-order valence-electron chi connectivity index (χ4n) is 5.13. The summed E-state index contributed by atoms with van der Waals surface area (Å²) in [6.07, 6.45) is 1.92. The Hall–Kier alpha value is -1.96. The molecule has 0 radical (unpaired) electrons. The van der Waals surface area contributed by atoms with E-state index in [0.717, 1.165) is 5.57 Å². The maximum atomic E-state index is 12.4. The van der Waals surface area contributed by atoms with Gasteiger partial charge in [0, 0.05) is 29.4 Å². The number of rotatable bonds is 3. The quantitative estimate of drug-likeness (QED) is 0.424. The molecule has 4 rings (SSSR count). The van der Waals surface area contributed by atoms with Crippen molar-refractivity contribution < 1.29 is 34.0 Å². The second-order valence-electron chi connectivity index (χ2n) is 7.98. The first kappa shape index (κ1) is 18.4. The molecule has 2 saturated heterocycles. The van der Waals surface area contributed by atoms with Crippen molar-refractivity contribution in [2.24, 2.45) is 17.8 Å². The minimum atomic E-state index is -1.18. The summed E-state index contributed by atoms with van der Waals surface area (Å²) in [5, 5.41) is 20.4. The fraction of sp³-hybridized carbons (Fsp3) is 0.600. The van der Waals surface area contributed by atoms with Crippen LogP contribution in [0.2, 0.25) is 0 Å². The van der Waals surface area contributed by atoms with E-state index in [9.17, 15) is 14.7 Å². The number of hydrogen-bond acceptors (Lipinski definition) is 7. The van der Waals surface area contributed by atoms with Crippen LogP contribution in [0.15, 0.2) is 35.5 Å². The van der Waals surface area contributed by atoms with Gasteiger partial charge in [0.25, 0.3) is 0 Å². The van der Waals surface area contributed by atoms with E-state index in [1.807, 2.05) is 13.0 Å². The molecule has 7 atom stereocenters. The normalized spacial score (nSPS) is 43.0. The van der Waals surface area contributed by atoms with E-state index in [1.54, 1.807) is 6.92 Å². The lowest BCUT2D eigenvalue weighted by molar-refractivity contribution is -0.150. The Morgan fingerprint density at radius 1 is 1.48 bits per heavy atom. The zero-order valence-electron chi connectivity index (χ0n) is 15.4. The molecule has 4 aliphatic rings. The van der Waals surface area contributed by atoms with Crippen LogP contribution in [0, 0.1) is 17.8 Å². The Labute approximate surface area is 157 Å². The van der Waals surface area contributed by atoms with Crippen LogP contribution in [0.5, 0.6) is 0 Å². The molecule has 0 aromatic carbocycles. The van der Waals surface area contributed by atoms with Crippen LogP contribution in [0.1, 0.15) is 20.3 Å². The lowest BCUT2D eigenvalue weighted by atomic mass is 9.76. The third-order valence-corrected chi connectivity index (χ3v) is 6.39. The predicted molar refractivity (Wildman–Crippen MR) is 93.3 cm³/mol. The van der Waals surface area contributed by atoms with E-state index in [0.29, 0.717) is 0 Å². The molecule has 146 valence electrons. The molecule has 0 amide bonds. The highest BCUT2D eigenvalue weighted by Gasteiger charge is 2.65. The molecule has 2 aliphatic carbocycles. The number of aliphatic hydroxyl groups is 2. The van der Waals surface area contributed by atoms with Gasteiger partial charge in [-0.2, -0.15) is 0 Å². The average molecular weight is 376 g/mol. The standard InChI is InChI=1S/C20H24O7/c1-9(4-5-21)18(22)26-13-7-20(24)8-25-12-6-10(2)14(16(12)20)17-15(13)11(3)19(23)27-17/h4,6,12-17,21,24H,3,5,7-8H2,1-2H3/b9-4+/t12-,13+,14-,15+,16+,17-,20-/m0/s1. The van der Waals surface area contributed by atoms with Gasteiger partial charge in [0.1, 0.15) is 12.2 Å². The van der Waals surface area contributed by atoms with Crippen molar-refractivity contribution in [2.75, 3.05) is 13.2 Å². The van der Waals surface area contributed by atoms with Gasteiger partial charge in [-0.1, -0.05) is 18.2 Å². The molecule has 0 spiro atoms. The molecule has 0 aromatic heterocycles. The fourth-order valence-corrected chi connectivity index (χ4v) is 5.13. The smallest absolute Gasteiger partial charge is 0.334 e. The summed E-state index contributed by atoms with van der Waals surface area (Å²) in [5.74, 6) is -2.06. The van der Waals surface area contributed by atoms with Crippen LogP contribution in [-0.4, -0.2) is 59.3 Å².